The van der Waals surface area contributed by atoms with E-state index in [4.69, 9.17) is 27.6 Å². The fraction of sp³-hybridized carbons (Fsp3) is 0.111. The number of nitrogens with zero attached hydrogens (tertiary/aromatic N) is 1. The Balaban J connectivity index is 1.61. The van der Waals surface area contributed by atoms with Crippen LogP contribution in [0.2, 0.25) is 10.0 Å². The highest BCUT2D eigenvalue weighted by Crippen LogP contribution is 2.35. The number of para-hydroxylation sites is 1. The number of anilines is 2. The molecule has 3 aromatic carbocycles. The largest absolute Gasteiger partial charge is 0.467 e. The lowest BCUT2D eigenvalue weighted by Gasteiger charge is -2.25. The number of benzene rings is 3. The second-order valence-electron chi connectivity index (χ2n) is 8.25. The Morgan fingerprint density at radius 2 is 1.66 bits per heavy atom. The zero-order chi connectivity index (χ0) is 27.3. The summed E-state index contributed by atoms with van der Waals surface area (Å²) in [5.41, 5.74) is 1.32. The molecule has 4 rings (SSSR count). The maximum Gasteiger partial charge on any atom is 0.264 e. The molecule has 0 unspecified atom stereocenters. The van der Waals surface area contributed by atoms with Gasteiger partial charge in [-0.2, -0.15) is 0 Å². The summed E-state index contributed by atoms with van der Waals surface area (Å²) in [5, 5.41) is 5.48. The van der Waals surface area contributed by atoms with Crippen LogP contribution in [0, 0.1) is 6.92 Å². The zero-order valence-electron chi connectivity index (χ0n) is 20.1. The maximum absolute atomic E-state index is 13.6. The highest BCUT2D eigenvalue weighted by atomic mass is 35.5. The normalized spacial score (nSPS) is 11.1. The topological polar surface area (TPSA) is 109 Å². The van der Waals surface area contributed by atoms with E-state index in [0.717, 1.165) is 9.87 Å². The van der Waals surface area contributed by atoms with Gasteiger partial charge < -0.3 is 15.1 Å². The molecule has 2 amide bonds. The van der Waals surface area contributed by atoms with E-state index in [-0.39, 0.29) is 38.4 Å². The van der Waals surface area contributed by atoms with Gasteiger partial charge in [0.25, 0.3) is 15.9 Å². The summed E-state index contributed by atoms with van der Waals surface area (Å²) < 4.78 is 33.4. The van der Waals surface area contributed by atoms with Gasteiger partial charge >= 0.3 is 0 Å². The lowest BCUT2D eigenvalue weighted by Crippen LogP contribution is -2.38. The summed E-state index contributed by atoms with van der Waals surface area (Å²) in [6.07, 6.45) is 1.50. The number of furan rings is 1. The third kappa shape index (κ3) is 6.19. The number of nitrogens with one attached hydrogen (secondary N) is 2. The van der Waals surface area contributed by atoms with Crippen molar-refractivity contribution in [2.45, 2.75) is 18.4 Å². The van der Waals surface area contributed by atoms with Crippen molar-refractivity contribution in [3.63, 3.8) is 0 Å². The van der Waals surface area contributed by atoms with Crippen molar-refractivity contribution in [2.75, 3.05) is 16.2 Å². The number of aryl methyl sites for hydroxylation is 1. The molecule has 0 atom stereocenters. The summed E-state index contributed by atoms with van der Waals surface area (Å²) >= 11 is 12.5. The highest BCUT2D eigenvalue weighted by Gasteiger charge is 2.29. The number of hydrogen-bond donors (Lipinski definition) is 2. The molecule has 0 aliphatic rings. The van der Waals surface area contributed by atoms with Gasteiger partial charge in [-0.15, -0.1) is 0 Å². The van der Waals surface area contributed by atoms with Gasteiger partial charge in [0, 0.05) is 0 Å². The van der Waals surface area contributed by atoms with Gasteiger partial charge in [-0.25, -0.2) is 8.42 Å². The molecule has 2 N–H and O–H groups in total. The van der Waals surface area contributed by atoms with E-state index in [1.807, 2.05) is 6.92 Å². The number of rotatable bonds is 9. The first-order chi connectivity index (χ1) is 18.2. The Morgan fingerprint density at radius 3 is 2.37 bits per heavy atom. The first-order valence-electron chi connectivity index (χ1n) is 11.4. The molecular weight excluding hydrogens is 549 g/mol. The smallest absolute Gasteiger partial charge is 0.264 e. The second-order valence-corrected chi connectivity index (χ2v) is 10.9. The molecule has 1 heterocycles. The summed E-state index contributed by atoms with van der Waals surface area (Å²) in [6.45, 7) is 1.36. The third-order valence-corrected chi connectivity index (χ3v) is 8.13. The first-order valence-corrected chi connectivity index (χ1v) is 13.6. The second kappa shape index (κ2) is 11.7. The van der Waals surface area contributed by atoms with E-state index in [1.54, 1.807) is 48.5 Å². The lowest BCUT2D eigenvalue weighted by atomic mass is 10.1. The van der Waals surface area contributed by atoms with Crippen LogP contribution >= 0.6 is 23.2 Å². The van der Waals surface area contributed by atoms with Crippen LogP contribution in [0.15, 0.2) is 94.4 Å². The van der Waals surface area contributed by atoms with Crippen molar-refractivity contribution < 1.29 is 22.4 Å². The van der Waals surface area contributed by atoms with Crippen LogP contribution in [-0.4, -0.2) is 26.8 Å². The van der Waals surface area contributed by atoms with Crippen molar-refractivity contribution >= 4 is 56.4 Å². The van der Waals surface area contributed by atoms with Crippen LogP contribution in [0.25, 0.3) is 0 Å². The van der Waals surface area contributed by atoms with E-state index >= 15 is 0 Å². The molecule has 0 fully saturated rings. The maximum atomic E-state index is 13.6. The number of carbonyl (C=O) groups is 2. The van der Waals surface area contributed by atoms with Crippen LogP contribution in [0.4, 0.5) is 11.4 Å². The molecule has 0 bridgehead atoms. The fourth-order valence-corrected chi connectivity index (χ4v) is 5.49. The molecule has 4 aromatic rings. The van der Waals surface area contributed by atoms with Crippen LogP contribution in [0.3, 0.4) is 0 Å². The fourth-order valence-electron chi connectivity index (χ4n) is 3.61. The molecule has 0 aliphatic heterocycles. The van der Waals surface area contributed by atoms with Gasteiger partial charge in [0.2, 0.25) is 5.91 Å². The van der Waals surface area contributed by atoms with Gasteiger partial charge in [0.15, 0.2) is 0 Å². The Kier molecular flexibility index (Phi) is 8.41. The van der Waals surface area contributed by atoms with Crippen LogP contribution in [0.1, 0.15) is 21.7 Å². The van der Waals surface area contributed by atoms with E-state index < -0.39 is 28.4 Å². The predicted octanol–water partition coefficient (Wildman–Crippen LogP) is 5.66. The van der Waals surface area contributed by atoms with E-state index in [0.29, 0.717) is 5.76 Å². The molecule has 0 radical (unpaired) electrons. The summed E-state index contributed by atoms with van der Waals surface area (Å²) in [6, 6.07) is 20.5. The number of carbonyl (C=O) groups excluding carboxylic acids is 2. The number of hydrogen-bond acceptors (Lipinski definition) is 5. The monoisotopic (exact) mass is 571 g/mol. The first kappa shape index (κ1) is 27.3. The van der Waals surface area contributed by atoms with Crippen LogP contribution in [-0.2, 0) is 21.4 Å². The van der Waals surface area contributed by atoms with Crippen LogP contribution < -0.4 is 14.9 Å². The molecule has 0 aliphatic carbocycles. The van der Waals surface area contributed by atoms with Crippen molar-refractivity contribution in [1.29, 1.82) is 0 Å². The van der Waals surface area contributed by atoms with E-state index in [2.05, 4.69) is 10.6 Å². The van der Waals surface area contributed by atoms with Gasteiger partial charge in [0.1, 0.15) is 12.3 Å². The molecule has 38 heavy (non-hydrogen) atoms. The van der Waals surface area contributed by atoms with Gasteiger partial charge in [-0.05, 0) is 55.5 Å². The SMILES string of the molecule is Cc1ccc(S(=O)(=O)N(CC(=O)Nc2ccccc2C(=O)NCc2ccco2)c2cccc(Cl)c2Cl)cc1. The molecule has 0 saturated carbocycles. The van der Waals surface area contributed by atoms with Gasteiger partial charge in [-0.1, -0.05) is 59.1 Å². The zero-order valence-corrected chi connectivity index (χ0v) is 22.5. The average molecular weight is 572 g/mol. The Morgan fingerprint density at radius 1 is 0.921 bits per heavy atom. The van der Waals surface area contributed by atoms with Gasteiger partial charge in [0.05, 0.1) is 44.7 Å². The van der Waals surface area contributed by atoms with E-state index in [9.17, 15) is 18.0 Å². The van der Waals surface area contributed by atoms with Crippen molar-refractivity contribution in [3.05, 3.63) is 112 Å². The predicted molar refractivity (Wildman–Crippen MR) is 147 cm³/mol. The quantitative estimate of drug-likeness (QED) is 0.269. The minimum Gasteiger partial charge on any atom is -0.467 e. The Labute approximate surface area is 230 Å². The van der Waals surface area contributed by atoms with Gasteiger partial charge in [-0.3, -0.25) is 13.9 Å². The standard InChI is InChI=1S/C27H23Cl2N3O5S/c1-18-11-13-20(14-12-18)38(35,36)32(24-10-4-8-22(28)26(24)29)17-25(33)31-23-9-3-2-7-21(23)27(34)30-16-19-6-5-15-37-19/h2-15H,16-17H2,1H3,(H,30,34)(H,31,33). The number of sulfonamides is 1. The molecule has 0 saturated heterocycles. The summed E-state index contributed by atoms with van der Waals surface area (Å²) in [5.74, 6) is -0.572. The van der Waals surface area contributed by atoms with Crippen molar-refractivity contribution in [3.8, 4) is 0 Å². The molecule has 196 valence electrons. The summed E-state index contributed by atoms with van der Waals surface area (Å²) in [4.78, 5) is 26.0. The highest BCUT2D eigenvalue weighted by molar-refractivity contribution is 7.92. The Hall–Kier alpha value is -3.79. The minimum atomic E-state index is -4.22. The Bertz CT molecular complexity index is 1560. The number of halogens is 2. The van der Waals surface area contributed by atoms with E-state index in [1.165, 1.54) is 36.6 Å². The molecular formula is C27H23Cl2N3O5S. The summed E-state index contributed by atoms with van der Waals surface area (Å²) in [7, 11) is -4.22. The molecule has 11 heteroatoms. The molecule has 0 spiro atoms. The average Bonchev–Trinajstić information content (AvgIpc) is 3.42. The third-order valence-electron chi connectivity index (χ3n) is 5.55. The lowest BCUT2D eigenvalue weighted by molar-refractivity contribution is -0.114. The number of amides is 2. The molecule has 1 aromatic heterocycles. The minimum absolute atomic E-state index is 0.0182. The van der Waals surface area contributed by atoms with Crippen LogP contribution in [0.5, 0.6) is 0 Å². The van der Waals surface area contributed by atoms with Crippen molar-refractivity contribution in [1.82, 2.24) is 5.32 Å². The molecule has 8 nitrogen and oxygen atoms in total. The van der Waals surface area contributed by atoms with Crippen molar-refractivity contribution in [2.24, 2.45) is 0 Å².